The van der Waals surface area contributed by atoms with Crippen LogP contribution in [-0.2, 0) is 6.42 Å². The van der Waals surface area contributed by atoms with Crippen LogP contribution < -0.4 is 10.5 Å². The van der Waals surface area contributed by atoms with E-state index in [1.807, 2.05) is 30.3 Å². The molecule has 3 rings (SSSR count). The Morgan fingerprint density at radius 1 is 1.17 bits per heavy atom. The smallest absolute Gasteiger partial charge is 0.127 e. The van der Waals surface area contributed by atoms with E-state index in [2.05, 4.69) is 28.1 Å². The van der Waals surface area contributed by atoms with E-state index < -0.39 is 0 Å². The SMILES string of the molecule is NC(c1ccccc1)c1cc(Br)cc2c1OCC2. The first-order valence-electron chi connectivity index (χ1n) is 6.01. The van der Waals surface area contributed by atoms with Gasteiger partial charge in [-0.15, -0.1) is 0 Å². The van der Waals surface area contributed by atoms with Crippen LogP contribution in [0.2, 0.25) is 0 Å². The van der Waals surface area contributed by atoms with Crippen molar-refractivity contribution in [1.82, 2.24) is 0 Å². The van der Waals surface area contributed by atoms with Crippen LogP contribution in [-0.4, -0.2) is 6.61 Å². The lowest BCUT2D eigenvalue weighted by Crippen LogP contribution is -2.13. The molecule has 2 nitrogen and oxygen atoms in total. The standard InChI is InChI=1S/C15H14BrNO/c16-12-8-11-6-7-18-15(11)13(9-12)14(17)10-4-2-1-3-5-10/h1-5,8-9,14H,6-7,17H2. The van der Waals surface area contributed by atoms with Gasteiger partial charge in [-0.3, -0.25) is 0 Å². The molecule has 2 aromatic rings. The summed E-state index contributed by atoms with van der Waals surface area (Å²) in [5.74, 6) is 0.967. The number of halogens is 1. The Balaban J connectivity index is 2.07. The van der Waals surface area contributed by atoms with Crippen LogP contribution in [0.3, 0.4) is 0 Å². The van der Waals surface area contributed by atoms with E-state index in [1.165, 1.54) is 5.56 Å². The van der Waals surface area contributed by atoms with E-state index in [4.69, 9.17) is 10.5 Å². The summed E-state index contributed by atoms with van der Waals surface area (Å²) in [4.78, 5) is 0. The number of hydrogen-bond donors (Lipinski definition) is 1. The zero-order valence-electron chi connectivity index (χ0n) is 9.90. The van der Waals surface area contributed by atoms with Crippen molar-refractivity contribution < 1.29 is 4.74 Å². The molecule has 0 amide bonds. The Morgan fingerprint density at radius 3 is 2.72 bits per heavy atom. The van der Waals surface area contributed by atoms with Gasteiger partial charge in [0, 0.05) is 16.5 Å². The zero-order chi connectivity index (χ0) is 12.5. The minimum Gasteiger partial charge on any atom is -0.493 e. The second-order valence-electron chi connectivity index (χ2n) is 4.47. The predicted octanol–water partition coefficient (Wildman–Crippen LogP) is 3.43. The first-order chi connectivity index (χ1) is 8.75. The van der Waals surface area contributed by atoms with Crippen molar-refractivity contribution in [1.29, 1.82) is 0 Å². The third-order valence-electron chi connectivity index (χ3n) is 3.27. The molecule has 1 unspecified atom stereocenters. The van der Waals surface area contributed by atoms with Gasteiger partial charge in [-0.25, -0.2) is 0 Å². The molecule has 2 N–H and O–H groups in total. The van der Waals surface area contributed by atoms with Crippen molar-refractivity contribution in [3.8, 4) is 5.75 Å². The summed E-state index contributed by atoms with van der Waals surface area (Å²) >= 11 is 3.55. The lowest BCUT2D eigenvalue weighted by Gasteiger charge is -2.16. The molecule has 1 heterocycles. The highest BCUT2D eigenvalue weighted by Crippen LogP contribution is 2.37. The molecule has 0 spiro atoms. The molecule has 92 valence electrons. The van der Waals surface area contributed by atoms with Gasteiger partial charge in [0.05, 0.1) is 12.6 Å². The topological polar surface area (TPSA) is 35.2 Å². The van der Waals surface area contributed by atoms with Gasteiger partial charge in [-0.2, -0.15) is 0 Å². The van der Waals surface area contributed by atoms with Crippen molar-refractivity contribution in [2.75, 3.05) is 6.61 Å². The number of ether oxygens (including phenoxy) is 1. The zero-order valence-corrected chi connectivity index (χ0v) is 11.5. The Morgan fingerprint density at radius 2 is 1.94 bits per heavy atom. The molecule has 3 heteroatoms. The van der Waals surface area contributed by atoms with Gasteiger partial charge in [-0.1, -0.05) is 46.3 Å². The third-order valence-corrected chi connectivity index (χ3v) is 3.73. The van der Waals surface area contributed by atoms with Gasteiger partial charge in [0.15, 0.2) is 0 Å². The normalized spacial score (nSPS) is 15.0. The number of nitrogens with two attached hydrogens (primary N) is 1. The van der Waals surface area contributed by atoms with Gasteiger partial charge in [0.25, 0.3) is 0 Å². The van der Waals surface area contributed by atoms with E-state index in [1.54, 1.807) is 0 Å². The maximum atomic E-state index is 6.36. The minimum absolute atomic E-state index is 0.143. The number of fused-ring (bicyclic) bond motifs is 1. The van der Waals surface area contributed by atoms with Crippen LogP contribution in [0, 0.1) is 0 Å². The monoisotopic (exact) mass is 303 g/mol. The largest absolute Gasteiger partial charge is 0.493 e. The van der Waals surface area contributed by atoms with Crippen LogP contribution in [0.1, 0.15) is 22.7 Å². The first-order valence-corrected chi connectivity index (χ1v) is 6.80. The second-order valence-corrected chi connectivity index (χ2v) is 5.39. The molecule has 2 aromatic carbocycles. The fourth-order valence-corrected chi connectivity index (χ4v) is 2.89. The van der Waals surface area contributed by atoms with Crippen molar-refractivity contribution in [3.63, 3.8) is 0 Å². The van der Waals surface area contributed by atoms with Crippen LogP contribution in [0.5, 0.6) is 5.75 Å². The summed E-state index contributed by atoms with van der Waals surface area (Å²) < 4.78 is 6.79. The fourth-order valence-electron chi connectivity index (χ4n) is 2.37. The minimum atomic E-state index is -0.143. The Hall–Kier alpha value is -1.32. The van der Waals surface area contributed by atoms with Crippen LogP contribution in [0.25, 0.3) is 0 Å². The van der Waals surface area contributed by atoms with Crippen LogP contribution >= 0.6 is 15.9 Å². The maximum Gasteiger partial charge on any atom is 0.127 e. The third kappa shape index (κ3) is 2.04. The number of hydrogen-bond acceptors (Lipinski definition) is 2. The van der Waals surface area contributed by atoms with Crippen molar-refractivity contribution in [3.05, 3.63) is 63.6 Å². The van der Waals surface area contributed by atoms with Gasteiger partial charge >= 0.3 is 0 Å². The van der Waals surface area contributed by atoms with Gasteiger partial charge < -0.3 is 10.5 Å². The summed E-state index contributed by atoms with van der Waals surface area (Å²) in [5.41, 5.74) is 9.76. The molecule has 18 heavy (non-hydrogen) atoms. The van der Waals surface area contributed by atoms with Gasteiger partial charge in [-0.05, 0) is 23.3 Å². The van der Waals surface area contributed by atoms with E-state index in [0.717, 1.165) is 34.4 Å². The first kappa shape index (κ1) is 11.8. The average Bonchev–Trinajstić information content (AvgIpc) is 2.86. The molecule has 0 saturated heterocycles. The number of benzene rings is 2. The molecule has 0 radical (unpaired) electrons. The summed E-state index contributed by atoms with van der Waals surface area (Å²) in [6.07, 6.45) is 0.962. The molecule has 0 saturated carbocycles. The molecule has 0 fully saturated rings. The van der Waals surface area contributed by atoms with Gasteiger partial charge in [0.1, 0.15) is 5.75 Å². The van der Waals surface area contributed by atoms with E-state index in [-0.39, 0.29) is 6.04 Å². The van der Waals surface area contributed by atoms with E-state index in [9.17, 15) is 0 Å². The average molecular weight is 304 g/mol. The highest BCUT2D eigenvalue weighted by molar-refractivity contribution is 9.10. The number of rotatable bonds is 2. The molecule has 0 aromatic heterocycles. The van der Waals surface area contributed by atoms with E-state index >= 15 is 0 Å². The summed E-state index contributed by atoms with van der Waals surface area (Å²) in [7, 11) is 0. The van der Waals surface area contributed by atoms with Crippen molar-refractivity contribution in [2.45, 2.75) is 12.5 Å². The highest BCUT2D eigenvalue weighted by Gasteiger charge is 2.22. The molecule has 1 aliphatic rings. The maximum absolute atomic E-state index is 6.36. The Kier molecular flexibility index (Phi) is 3.10. The predicted molar refractivity (Wildman–Crippen MR) is 75.8 cm³/mol. The second kappa shape index (κ2) is 4.75. The summed E-state index contributed by atoms with van der Waals surface area (Å²) in [6.45, 7) is 0.750. The Bertz CT molecular complexity index is 568. The fraction of sp³-hybridized carbons (Fsp3) is 0.200. The van der Waals surface area contributed by atoms with Crippen LogP contribution in [0.15, 0.2) is 46.9 Å². The molecule has 0 aliphatic carbocycles. The summed E-state index contributed by atoms with van der Waals surface area (Å²) in [5, 5.41) is 0. The Labute approximate surface area is 115 Å². The molecular formula is C15H14BrNO. The molecule has 0 bridgehead atoms. The summed E-state index contributed by atoms with van der Waals surface area (Å²) in [6, 6.07) is 14.1. The highest BCUT2D eigenvalue weighted by atomic mass is 79.9. The van der Waals surface area contributed by atoms with Crippen LogP contribution in [0.4, 0.5) is 0 Å². The molecule has 1 atom stereocenters. The quantitative estimate of drug-likeness (QED) is 0.922. The lowest BCUT2D eigenvalue weighted by atomic mass is 9.97. The molecular weight excluding hydrogens is 290 g/mol. The van der Waals surface area contributed by atoms with E-state index in [0.29, 0.717) is 0 Å². The van der Waals surface area contributed by atoms with Crippen molar-refractivity contribution >= 4 is 15.9 Å². The van der Waals surface area contributed by atoms with Crippen molar-refractivity contribution in [2.24, 2.45) is 5.73 Å². The lowest BCUT2D eigenvalue weighted by molar-refractivity contribution is 0.352. The van der Waals surface area contributed by atoms with Gasteiger partial charge in [0.2, 0.25) is 0 Å². The molecule has 1 aliphatic heterocycles.